The molecular weight excluding hydrogens is 583 g/mol. The van der Waals surface area contributed by atoms with Gasteiger partial charge in [-0.25, -0.2) is 0 Å². The largest absolute Gasteiger partial charge is 1.00 e. The Labute approximate surface area is 248 Å². The van der Waals surface area contributed by atoms with Gasteiger partial charge in [0.15, 0.2) is 0 Å². The van der Waals surface area contributed by atoms with E-state index in [0.717, 1.165) is 0 Å². The van der Waals surface area contributed by atoms with Crippen molar-refractivity contribution in [1.29, 1.82) is 0 Å². The first kappa shape index (κ1) is 27.9. The summed E-state index contributed by atoms with van der Waals surface area (Å²) in [6.07, 6.45) is 16.6. The van der Waals surface area contributed by atoms with Gasteiger partial charge in [0, 0.05) is 0 Å². The van der Waals surface area contributed by atoms with Gasteiger partial charge < -0.3 is 24.8 Å². The second kappa shape index (κ2) is 11.1. The van der Waals surface area contributed by atoms with E-state index < -0.39 is 21.8 Å². The molecule has 0 N–H and O–H groups in total. The van der Waals surface area contributed by atoms with Gasteiger partial charge in [-0.2, -0.15) is 0 Å². The van der Waals surface area contributed by atoms with Gasteiger partial charge in [0.2, 0.25) is 0 Å². The van der Waals surface area contributed by atoms with Gasteiger partial charge >= 0.3 is 226 Å². The van der Waals surface area contributed by atoms with Crippen molar-refractivity contribution >= 4 is 18.2 Å². The maximum Gasteiger partial charge on any atom is -1.00 e. The fraction of sp³-hybridized carbons (Fsp3) is 0.314. The van der Waals surface area contributed by atoms with Gasteiger partial charge in [-0.3, -0.25) is 0 Å². The van der Waals surface area contributed by atoms with Crippen LogP contribution < -0.4 is 24.8 Å². The summed E-state index contributed by atoms with van der Waals surface area (Å²) in [4.78, 5) is 0. The first-order valence-electron chi connectivity index (χ1n) is 14.0. The summed E-state index contributed by atoms with van der Waals surface area (Å²) >= 11 is -2.30. The number of hydrogen-bond acceptors (Lipinski definition) is 0. The average molecular weight is 618 g/mol. The third kappa shape index (κ3) is 4.29. The minimum absolute atomic E-state index is 0. The maximum atomic E-state index is 2.61. The van der Waals surface area contributed by atoms with Crippen LogP contribution in [0.2, 0.25) is 3.12 Å². The molecule has 3 aromatic carbocycles. The second-order valence-electron chi connectivity index (χ2n) is 11.3. The molecule has 3 unspecified atom stereocenters. The van der Waals surface area contributed by atoms with E-state index >= 15 is 0 Å². The van der Waals surface area contributed by atoms with E-state index in [0.29, 0.717) is 16.3 Å². The monoisotopic (exact) mass is 615 g/mol. The van der Waals surface area contributed by atoms with E-state index in [1.165, 1.54) is 48.8 Å². The van der Waals surface area contributed by atoms with Gasteiger partial charge in [0.05, 0.1) is 0 Å². The Balaban J connectivity index is 0.00000147. The molecule has 0 aromatic heterocycles. The Kier molecular flexibility index (Phi) is 8.13. The number of hydrogen-bond donors (Lipinski definition) is 0. The van der Waals surface area contributed by atoms with Crippen molar-refractivity contribution in [2.24, 2.45) is 0 Å². The van der Waals surface area contributed by atoms with Crippen molar-refractivity contribution in [2.45, 2.75) is 62.2 Å². The molecule has 3 aromatic rings. The number of halogens is 2. The summed E-state index contributed by atoms with van der Waals surface area (Å²) in [7, 11) is 0. The molecule has 0 bridgehead atoms. The molecule has 0 radical (unpaired) electrons. The number of allylic oxidation sites excluding steroid dienone is 3. The summed E-state index contributed by atoms with van der Waals surface area (Å²) in [5.74, 6) is 0.561. The number of fused-ring (bicyclic) bond motifs is 7. The predicted molar refractivity (Wildman–Crippen MR) is 150 cm³/mol. The molecule has 7 rings (SSSR count). The molecule has 1 fully saturated rings. The van der Waals surface area contributed by atoms with Gasteiger partial charge in [-0.1, -0.05) is 0 Å². The number of benzene rings is 3. The molecule has 0 amide bonds. The van der Waals surface area contributed by atoms with Crippen molar-refractivity contribution in [3.05, 3.63) is 123 Å². The molecule has 4 aliphatic rings. The topological polar surface area (TPSA) is 0 Å². The van der Waals surface area contributed by atoms with E-state index in [9.17, 15) is 0 Å². The van der Waals surface area contributed by atoms with E-state index in [1.54, 1.807) is 27.8 Å². The summed E-state index contributed by atoms with van der Waals surface area (Å²) in [5.41, 5.74) is 12.9. The Morgan fingerprint density at radius 2 is 1.13 bits per heavy atom. The molecule has 3 heteroatoms. The third-order valence-corrected chi connectivity index (χ3v) is 21.5. The van der Waals surface area contributed by atoms with E-state index in [4.69, 9.17) is 0 Å². The van der Waals surface area contributed by atoms with E-state index in [2.05, 4.69) is 111 Å². The molecule has 38 heavy (non-hydrogen) atoms. The van der Waals surface area contributed by atoms with Crippen LogP contribution in [0, 0.1) is 0 Å². The molecule has 193 valence electrons. The number of rotatable bonds is 5. The Morgan fingerprint density at radius 1 is 0.658 bits per heavy atom. The van der Waals surface area contributed by atoms with Crippen molar-refractivity contribution in [2.75, 3.05) is 0 Å². The van der Waals surface area contributed by atoms with Crippen LogP contribution in [0.5, 0.6) is 0 Å². The van der Waals surface area contributed by atoms with E-state index in [1.807, 2.05) is 0 Å². The Morgan fingerprint density at radius 3 is 1.66 bits per heavy atom. The Bertz CT molecular complexity index is 1360. The first-order chi connectivity index (χ1) is 17.7. The van der Waals surface area contributed by atoms with Crippen LogP contribution in [-0.4, -0.2) is 0 Å². The van der Waals surface area contributed by atoms with Crippen LogP contribution in [-0.2, 0) is 21.8 Å². The summed E-state index contributed by atoms with van der Waals surface area (Å²) in [6, 6.07) is 28.0. The molecule has 3 atom stereocenters. The van der Waals surface area contributed by atoms with Gasteiger partial charge in [-0.15, -0.1) is 0 Å². The molecule has 3 aliphatic carbocycles. The van der Waals surface area contributed by atoms with Crippen molar-refractivity contribution < 1.29 is 46.6 Å². The smallest absolute Gasteiger partial charge is 1.00 e. The molecule has 1 saturated heterocycles. The normalized spacial score (nSPS) is 22.1. The first-order valence-corrected chi connectivity index (χ1v) is 18.0. The fourth-order valence-corrected chi connectivity index (χ4v) is 21.0. The van der Waals surface area contributed by atoms with Gasteiger partial charge in [0.1, 0.15) is 0 Å². The molecule has 0 spiro atoms. The molecule has 1 heterocycles. The third-order valence-electron chi connectivity index (χ3n) is 9.84. The molecular formula is C35H35Cl2Zr. The fourth-order valence-electron chi connectivity index (χ4n) is 8.00. The van der Waals surface area contributed by atoms with Crippen molar-refractivity contribution in [1.82, 2.24) is 0 Å². The second-order valence-corrected chi connectivity index (χ2v) is 19.0. The Hall–Kier alpha value is -1.66. The van der Waals surface area contributed by atoms with Crippen LogP contribution in [0.15, 0.2) is 90.0 Å². The van der Waals surface area contributed by atoms with Crippen LogP contribution in [0.1, 0.15) is 92.5 Å². The van der Waals surface area contributed by atoms with Gasteiger partial charge in [0.25, 0.3) is 0 Å². The van der Waals surface area contributed by atoms with Gasteiger partial charge in [-0.05, 0) is 0 Å². The molecule has 1 aliphatic heterocycles. The minimum atomic E-state index is -2.30. The standard InChI is InChI=1S/C20H16.C15H19.2ClH.Zr/c1-2-6-18-12-15(11-17(18)5-1)9-10-16-13-19-7-3-4-8-20(19)14-16;1-3-12(4-2)11-14-10-9-13-7-5-6-8-15(13)14;;;/h1-8,11-14H,9-10H2;5-10,14H,3-4,11H2,1-2H3;2*1H;/q;;;;+2/p-2. The zero-order valence-corrected chi connectivity index (χ0v) is 26.2. The van der Waals surface area contributed by atoms with Crippen molar-refractivity contribution in [3.8, 4) is 0 Å². The SMILES string of the molecule is CC[C](CC)(CC1C=Cc2ccccc21)[Zr+2]1[CH]2C(=Cc3ccccc32)CCC2=Cc3ccccc3[CH]21.[Cl-].[Cl-]. The quantitative estimate of drug-likeness (QED) is 0.408. The zero-order valence-electron chi connectivity index (χ0n) is 22.3. The maximum absolute atomic E-state index is 2.61. The molecule has 0 saturated carbocycles. The van der Waals surface area contributed by atoms with Crippen LogP contribution in [0.3, 0.4) is 0 Å². The predicted octanol–water partition coefficient (Wildman–Crippen LogP) is 3.86. The van der Waals surface area contributed by atoms with Crippen molar-refractivity contribution in [3.63, 3.8) is 0 Å². The summed E-state index contributed by atoms with van der Waals surface area (Å²) in [6.45, 7) is 5.06. The summed E-state index contributed by atoms with van der Waals surface area (Å²) < 4.78 is 1.87. The zero-order chi connectivity index (χ0) is 24.3. The molecule has 0 nitrogen and oxygen atoms in total. The average Bonchev–Trinajstić information content (AvgIpc) is 3.58. The van der Waals surface area contributed by atoms with Crippen LogP contribution >= 0.6 is 0 Å². The van der Waals surface area contributed by atoms with E-state index in [-0.39, 0.29) is 24.8 Å². The van der Waals surface area contributed by atoms with Crippen LogP contribution in [0.25, 0.3) is 18.2 Å². The van der Waals surface area contributed by atoms with Crippen LogP contribution in [0.4, 0.5) is 0 Å². The minimum Gasteiger partial charge on any atom is -1.00 e. The summed E-state index contributed by atoms with van der Waals surface area (Å²) in [5, 5.41) is 0.